The lowest BCUT2D eigenvalue weighted by Crippen LogP contribution is -2.18. The highest BCUT2D eigenvalue weighted by Gasteiger charge is 1.91. The second kappa shape index (κ2) is 8.88. The Hall–Kier alpha value is -0.390. The smallest absolute Gasteiger partial charge is 0.0587 e. The molecule has 3 heteroatoms. The summed E-state index contributed by atoms with van der Waals surface area (Å²) in [5, 5.41) is 3.29. The van der Waals surface area contributed by atoms with Gasteiger partial charge in [-0.05, 0) is 11.1 Å². The number of halogens is 1. The van der Waals surface area contributed by atoms with Crippen LogP contribution in [0.25, 0.3) is 6.08 Å². The van der Waals surface area contributed by atoms with Crippen LogP contribution in [-0.2, 0) is 11.3 Å². The molecule has 0 atom stereocenters. The van der Waals surface area contributed by atoms with E-state index in [4.69, 9.17) is 4.74 Å². The summed E-state index contributed by atoms with van der Waals surface area (Å²) in [7, 11) is 1.71. The molecular weight excluding hydrogens is 301 g/mol. The molecule has 0 spiro atoms. The average molecular weight is 319 g/mol. The number of nitrogens with one attached hydrogen (secondary N) is 1. The quantitative estimate of drug-likeness (QED) is 0.643. The summed E-state index contributed by atoms with van der Waals surface area (Å²) < 4.78 is 4.94. The van der Waals surface area contributed by atoms with Gasteiger partial charge in [0.1, 0.15) is 0 Å². The van der Waals surface area contributed by atoms with Crippen LogP contribution in [0, 0.1) is 0 Å². The van der Waals surface area contributed by atoms with Crippen LogP contribution in [0.1, 0.15) is 11.1 Å². The van der Waals surface area contributed by atoms with Gasteiger partial charge in [0.15, 0.2) is 0 Å². The lowest BCUT2D eigenvalue weighted by Gasteiger charge is -2.04. The number of ether oxygens (including phenoxy) is 1. The molecule has 0 amide bonds. The van der Waals surface area contributed by atoms with Crippen molar-refractivity contribution in [3.8, 4) is 0 Å². The van der Waals surface area contributed by atoms with Crippen molar-refractivity contribution in [2.24, 2.45) is 0 Å². The molecule has 15 heavy (non-hydrogen) atoms. The molecule has 0 unspecified atom stereocenters. The Morgan fingerprint density at radius 3 is 2.53 bits per heavy atom. The third-order valence-electron chi connectivity index (χ3n) is 2.03. The van der Waals surface area contributed by atoms with Crippen LogP contribution in [-0.4, -0.2) is 20.3 Å². The highest BCUT2D eigenvalue weighted by molar-refractivity contribution is 14.0. The SMILES string of the molecule is C=Cc1ccc(CNCCOC)cc1.I. The Kier molecular flexibility index (Phi) is 8.65. The summed E-state index contributed by atoms with van der Waals surface area (Å²) in [6.45, 7) is 6.25. The average Bonchev–Trinajstić information content (AvgIpc) is 2.25. The molecule has 0 saturated heterocycles. The molecule has 0 aromatic heterocycles. The third-order valence-corrected chi connectivity index (χ3v) is 2.03. The first-order chi connectivity index (χ1) is 6.86. The van der Waals surface area contributed by atoms with Crippen LogP contribution < -0.4 is 5.32 Å². The van der Waals surface area contributed by atoms with Crippen LogP contribution in [0.4, 0.5) is 0 Å². The summed E-state index contributed by atoms with van der Waals surface area (Å²) >= 11 is 0. The molecule has 1 aromatic carbocycles. The van der Waals surface area contributed by atoms with E-state index < -0.39 is 0 Å². The zero-order valence-electron chi connectivity index (χ0n) is 9.03. The van der Waals surface area contributed by atoms with Crippen molar-refractivity contribution in [2.75, 3.05) is 20.3 Å². The van der Waals surface area contributed by atoms with E-state index in [2.05, 4.69) is 36.2 Å². The fourth-order valence-corrected chi connectivity index (χ4v) is 1.18. The molecule has 2 nitrogen and oxygen atoms in total. The summed E-state index contributed by atoms with van der Waals surface area (Å²) in [6.07, 6.45) is 1.85. The molecule has 0 aliphatic carbocycles. The molecule has 84 valence electrons. The molecule has 0 saturated carbocycles. The van der Waals surface area contributed by atoms with Gasteiger partial charge in [0.2, 0.25) is 0 Å². The number of methoxy groups -OCH3 is 1. The standard InChI is InChI=1S/C12H17NO.HI/c1-3-11-4-6-12(7-5-11)10-13-8-9-14-2;/h3-7,13H,1,8-10H2,2H3;1H. The maximum atomic E-state index is 4.94. The predicted octanol–water partition coefficient (Wildman–Crippen LogP) is 2.68. The molecular formula is C12H18INO. The van der Waals surface area contributed by atoms with E-state index in [1.807, 2.05) is 6.08 Å². The minimum atomic E-state index is 0. The van der Waals surface area contributed by atoms with Crippen molar-refractivity contribution < 1.29 is 4.74 Å². The summed E-state index contributed by atoms with van der Waals surface area (Å²) in [4.78, 5) is 0. The van der Waals surface area contributed by atoms with Crippen molar-refractivity contribution in [3.63, 3.8) is 0 Å². The van der Waals surface area contributed by atoms with Gasteiger partial charge in [-0.25, -0.2) is 0 Å². The van der Waals surface area contributed by atoms with Gasteiger partial charge in [0, 0.05) is 20.2 Å². The second-order valence-electron chi connectivity index (χ2n) is 3.12. The maximum absolute atomic E-state index is 4.94. The maximum Gasteiger partial charge on any atom is 0.0587 e. The van der Waals surface area contributed by atoms with Gasteiger partial charge < -0.3 is 10.1 Å². The first-order valence-corrected chi connectivity index (χ1v) is 4.78. The normalized spacial score (nSPS) is 9.40. The van der Waals surface area contributed by atoms with Crippen LogP contribution in [0.15, 0.2) is 30.8 Å². The largest absolute Gasteiger partial charge is 0.383 e. The van der Waals surface area contributed by atoms with Gasteiger partial charge in [-0.15, -0.1) is 24.0 Å². The highest BCUT2D eigenvalue weighted by atomic mass is 127. The molecule has 0 fully saturated rings. The Bertz CT molecular complexity index is 271. The van der Waals surface area contributed by atoms with Gasteiger partial charge in [0.25, 0.3) is 0 Å². The minimum absolute atomic E-state index is 0. The summed E-state index contributed by atoms with van der Waals surface area (Å²) in [5.74, 6) is 0. The lowest BCUT2D eigenvalue weighted by molar-refractivity contribution is 0.199. The van der Waals surface area contributed by atoms with Gasteiger partial charge in [-0.3, -0.25) is 0 Å². The molecule has 0 aliphatic heterocycles. The topological polar surface area (TPSA) is 21.3 Å². The van der Waals surface area contributed by atoms with E-state index in [0.717, 1.165) is 25.3 Å². The van der Waals surface area contributed by atoms with E-state index in [9.17, 15) is 0 Å². The number of rotatable bonds is 6. The monoisotopic (exact) mass is 319 g/mol. The van der Waals surface area contributed by atoms with Crippen molar-refractivity contribution >= 4 is 30.1 Å². The van der Waals surface area contributed by atoms with E-state index in [-0.39, 0.29) is 24.0 Å². The first kappa shape index (κ1) is 14.6. The Balaban J connectivity index is 0.00000196. The van der Waals surface area contributed by atoms with E-state index in [1.54, 1.807) is 7.11 Å². The van der Waals surface area contributed by atoms with Crippen LogP contribution in [0.2, 0.25) is 0 Å². The lowest BCUT2D eigenvalue weighted by atomic mass is 10.1. The summed E-state index contributed by atoms with van der Waals surface area (Å²) in [5.41, 5.74) is 2.44. The zero-order valence-corrected chi connectivity index (χ0v) is 11.4. The van der Waals surface area contributed by atoms with Crippen molar-refractivity contribution in [3.05, 3.63) is 42.0 Å². The Morgan fingerprint density at radius 2 is 2.00 bits per heavy atom. The molecule has 1 rings (SSSR count). The fraction of sp³-hybridized carbons (Fsp3) is 0.333. The van der Waals surface area contributed by atoms with Crippen molar-refractivity contribution in [1.29, 1.82) is 0 Å². The zero-order chi connectivity index (χ0) is 10.2. The van der Waals surface area contributed by atoms with Crippen LogP contribution in [0.3, 0.4) is 0 Å². The fourth-order valence-electron chi connectivity index (χ4n) is 1.18. The van der Waals surface area contributed by atoms with Gasteiger partial charge >= 0.3 is 0 Å². The number of benzene rings is 1. The Labute approximate surface area is 109 Å². The van der Waals surface area contributed by atoms with E-state index in [0.29, 0.717) is 0 Å². The van der Waals surface area contributed by atoms with Crippen LogP contribution >= 0.6 is 24.0 Å². The third kappa shape index (κ3) is 5.92. The highest BCUT2D eigenvalue weighted by Crippen LogP contribution is 2.04. The van der Waals surface area contributed by atoms with Crippen molar-refractivity contribution in [2.45, 2.75) is 6.54 Å². The first-order valence-electron chi connectivity index (χ1n) is 4.78. The van der Waals surface area contributed by atoms with Gasteiger partial charge in [-0.2, -0.15) is 0 Å². The van der Waals surface area contributed by atoms with Crippen molar-refractivity contribution in [1.82, 2.24) is 5.32 Å². The summed E-state index contributed by atoms with van der Waals surface area (Å²) in [6, 6.07) is 8.36. The number of hydrogen-bond acceptors (Lipinski definition) is 2. The number of hydrogen-bond donors (Lipinski definition) is 1. The van der Waals surface area contributed by atoms with Gasteiger partial charge in [-0.1, -0.05) is 36.9 Å². The molecule has 0 radical (unpaired) electrons. The molecule has 0 heterocycles. The minimum Gasteiger partial charge on any atom is -0.383 e. The van der Waals surface area contributed by atoms with Gasteiger partial charge in [0.05, 0.1) is 6.61 Å². The van der Waals surface area contributed by atoms with E-state index in [1.165, 1.54) is 5.56 Å². The van der Waals surface area contributed by atoms with Crippen LogP contribution in [0.5, 0.6) is 0 Å². The second-order valence-corrected chi connectivity index (χ2v) is 3.12. The molecule has 0 aliphatic rings. The molecule has 0 bridgehead atoms. The Morgan fingerprint density at radius 1 is 1.33 bits per heavy atom. The van der Waals surface area contributed by atoms with E-state index >= 15 is 0 Å². The predicted molar refractivity (Wildman–Crippen MR) is 75.5 cm³/mol. The molecule has 1 N–H and O–H groups in total. The molecule has 1 aromatic rings.